The molecule has 2 aromatic heterocycles. The van der Waals surface area contributed by atoms with Gasteiger partial charge in [0.15, 0.2) is 0 Å². The monoisotopic (exact) mass is 214 g/mol. The molecular weight excluding hydrogens is 200 g/mol. The van der Waals surface area contributed by atoms with Gasteiger partial charge in [-0.2, -0.15) is 0 Å². The van der Waals surface area contributed by atoms with Gasteiger partial charge in [0.05, 0.1) is 0 Å². The predicted molar refractivity (Wildman–Crippen MR) is 64.3 cm³/mol. The number of anilines is 2. The molecule has 4 nitrogen and oxygen atoms in total. The number of nitrogens with two attached hydrogens (primary N) is 1. The molecule has 0 aliphatic carbocycles. The summed E-state index contributed by atoms with van der Waals surface area (Å²) < 4.78 is 0. The minimum Gasteiger partial charge on any atom is -0.244 e. The maximum atomic E-state index is 5.94. The van der Waals surface area contributed by atoms with E-state index in [4.69, 9.17) is 5.84 Å². The normalized spacial score (nSPS) is 10.2. The van der Waals surface area contributed by atoms with Gasteiger partial charge < -0.3 is 0 Å². The zero-order valence-corrected chi connectivity index (χ0v) is 9.38. The molecule has 2 aromatic rings. The Bertz CT molecular complexity index is 479. The van der Waals surface area contributed by atoms with Gasteiger partial charge in [0.25, 0.3) is 0 Å². The van der Waals surface area contributed by atoms with Gasteiger partial charge in [-0.25, -0.2) is 20.8 Å². The molecule has 0 aliphatic heterocycles. The van der Waals surface area contributed by atoms with E-state index in [0.717, 1.165) is 11.3 Å². The summed E-state index contributed by atoms with van der Waals surface area (Å²) in [5.74, 6) is 7.32. The molecule has 2 heterocycles. The fourth-order valence-electron chi connectivity index (χ4n) is 1.38. The van der Waals surface area contributed by atoms with Crippen molar-refractivity contribution in [3.63, 3.8) is 0 Å². The van der Waals surface area contributed by atoms with E-state index in [2.05, 4.69) is 9.97 Å². The van der Waals surface area contributed by atoms with Crippen molar-refractivity contribution in [2.24, 2.45) is 5.84 Å². The van der Waals surface area contributed by atoms with Crippen LogP contribution >= 0.6 is 0 Å². The molecule has 16 heavy (non-hydrogen) atoms. The third-order valence-corrected chi connectivity index (χ3v) is 2.26. The zero-order chi connectivity index (χ0) is 11.5. The van der Waals surface area contributed by atoms with E-state index >= 15 is 0 Å². The maximum absolute atomic E-state index is 5.94. The van der Waals surface area contributed by atoms with Crippen LogP contribution in [0.25, 0.3) is 0 Å². The molecular formula is C12H14N4. The lowest BCUT2D eigenvalue weighted by Crippen LogP contribution is -2.26. The molecule has 82 valence electrons. The summed E-state index contributed by atoms with van der Waals surface area (Å²) in [6.07, 6.45) is 1.78. The van der Waals surface area contributed by atoms with E-state index in [0.29, 0.717) is 11.6 Å². The Hall–Kier alpha value is -1.94. The minimum atomic E-state index is 0.684. The second-order valence-corrected chi connectivity index (χ2v) is 3.70. The molecule has 0 atom stereocenters. The molecule has 0 saturated heterocycles. The summed E-state index contributed by atoms with van der Waals surface area (Å²) in [7, 11) is 0. The molecule has 0 aromatic carbocycles. The maximum Gasteiger partial charge on any atom is 0.148 e. The second-order valence-electron chi connectivity index (χ2n) is 3.70. The van der Waals surface area contributed by atoms with Crippen molar-refractivity contribution in [3.8, 4) is 0 Å². The number of aryl methyl sites for hydroxylation is 2. The zero-order valence-electron chi connectivity index (χ0n) is 9.38. The first-order chi connectivity index (χ1) is 7.66. The second kappa shape index (κ2) is 4.28. The molecule has 0 unspecified atom stereocenters. The van der Waals surface area contributed by atoms with E-state index in [1.54, 1.807) is 6.20 Å². The lowest BCUT2D eigenvalue weighted by molar-refractivity contribution is 0.984. The molecule has 0 saturated carbocycles. The van der Waals surface area contributed by atoms with Gasteiger partial charge in [-0.1, -0.05) is 12.1 Å². The average Bonchev–Trinajstić information content (AvgIpc) is 2.29. The summed E-state index contributed by atoms with van der Waals surface area (Å²) in [6.45, 7) is 3.92. The Kier molecular flexibility index (Phi) is 2.83. The summed E-state index contributed by atoms with van der Waals surface area (Å²) in [5, 5.41) is 1.48. The van der Waals surface area contributed by atoms with Gasteiger partial charge in [0.1, 0.15) is 11.6 Å². The number of hydrazine groups is 1. The SMILES string of the molecule is Cc1ccc(N(N)c2cccc(C)n2)nc1. The quantitative estimate of drug-likeness (QED) is 0.614. The van der Waals surface area contributed by atoms with E-state index < -0.39 is 0 Å². The van der Waals surface area contributed by atoms with Crippen molar-refractivity contribution in [2.75, 3.05) is 5.01 Å². The van der Waals surface area contributed by atoms with Crippen LogP contribution in [0.2, 0.25) is 0 Å². The van der Waals surface area contributed by atoms with Gasteiger partial charge in [-0.3, -0.25) is 0 Å². The molecule has 0 bridgehead atoms. The van der Waals surface area contributed by atoms with E-state index in [9.17, 15) is 0 Å². The Morgan fingerprint density at radius 2 is 1.88 bits per heavy atom. The summed E-state index contributed by atoms with van der Waals surface area (Å²) in [5.41, 5.74) is 2.04. The van der Waals surface area contributed by atoms with E-state index in [-0.39, 0.29) is 0 Å². The van der Waals surface area contributed by atoms with Crippen LogP contribution < -0.4 is 10.9 Å². The first kappa shape index (κ1) is 10.6. The van der Waals surface area contributed by atoms with Gasteiger partial charge in [0.2, 0.25) is 0 Å². The van der Waals surface area contributed by atoms with Crippen LogP contribution in [0.3, 0.4) is 0 Å². The van der Waals surface area contributed by atoms with Crippen molar-refractivity contribution in [1.82, 2.24) is 9.97 Å². The standard InChI is InChI=1S/C12H14N4/c1-9-6-7-11(14-8-9)16(13)12-5-3-4-10(2)15-12/h3-8H,13H2,1-2H3. The van der Waals surface area contributed by atoms with Crippen molar-refractivity contribution in [2.45, 2.75) is 13.8 Å². The van der Waals surface area contributed by atoms with Crippen LogP contribution in [0.1, 0.15) is 11.3 Å². The fraction of sp³-hybridized carbons (Fsp3) is 0.167. The Labute approximate surface area is 94.7 Å². The number of hydrogen-bond donors (Lipinski definition) is 1. The molecule has 2 N–H and O–H groups in total. The third kappa shape index (κ3) is 2.17. The van der Waals surface area contributed by atoms with Crippen molar-refractivity contribution in [3.05, 3.63) is 47.8 Å². The molecule has 0 fully saturated rings. The number of aromatic nitrogens is 2. The first-order valence-corrected chi connectivity index (χ1v) is 5.08. The highest BCUT2D eigenvalue weighted by molar-refractivity contribution is 5.53. The molecule has 0 aliphatic rings. The summed E-state index contributed by atoms with van der Waals surface area (Å²) in [4.78, 5) is 8.58. The molecule has 0 spiro atoms. The smallest absolute Gasteiger partial charge is 0.148 e. The van der Waals surface area contributed by atoms with Gasteiger partial charge in [-0.15, -0.1) is 0 Å². The summed E-state index contributed by atoms with van der Waals surface area (Å²) in [6, 6.07) is 9.55. The minimum absolute atomic E-state index is 0.684. The van der Waals surface area contributed by atoms with Crippen LogP contribution in [0.15, 0.2) is 36.5 Å². The van der Waals surface area contributed by atoms with Crippen molar-refractivity contribution in [1.29, 1.82) is 0 Å². The van der Waals surface area contributed by atoms with E-state index in [1.807, 2.05) is 44.2 Å². The van der Waals surface area contributed by atoms with Crippen LogP contribution in [-0.4, -0.2) is 9.97 Å². The van der Waals surface area contributed by atoms with Crippen LogP contribution in [0.4, 0.5) is 11.6 Å². The Morgan fingerprint density at radius 1 is 1.06 bits per heavy atom. The van der Waals surface area contributed by atoms with Gasteiger partial charge in [-0.05, 0) is 37.6 Å². The van der Waals surface area contributed by atoms with Gasteiger partial charge in [0, 0.05) is 11.9 Å². The molecule has 2 rings (SSSR count). The molecule has 0 amide bonds. The third-order valence-electron chi connectivity index (χ3n) is 2.26. The van der Waals surface area contributed by atoms with Crippen LogP contribution in [-0.2, 0) is 0 Å². The van der Waals surface area contributed by atoms with E-state index in [1.165, 1.54) is 5.01 Å². The summed E-state index contributed by atoms with van der Waals surface area (Å²) >= 11 is 0. The Balaban J connectivity index is 2.31. The lowest BCUT2D eigenvalue weighted by atomic mass is 10.3. The Morgan fingerprint density at radius 3 is 2.50 bits per heavy atom. The van der Waals surface area contributed by atoms with Crippen molar-refractivity contribution >= 4 is 11.6 Å². The number of nitrogens with zero attached hydrogens (tertiary/aromatic N) is 3. The fourth-order valence-corrected chi connectivity index (χ4v) is 1.38. The molecule has 4 heteroatoms. The van der Waals surface area contributed by atoms with Gasteiger partial charge >= 0.3 is 0 Å². The highest BCUT2D eigenvalue weighted by Gasteiger charge is 2.06. The highest BCUT2D eigenvalue weighted by atomic mass is 15.5. The number of hydrogen-bond acceptors (Lipinski definition) is 4. The molecule has 0 radical (unpaired) electrons. The topological polar surface area (TPSA) is 55.0 Å². The number of rotatable bonds is 2. The largest absolute Gasteiger partial charge is 0.244 e. The van der Waals surface area contributed by atoms with Crippen LogP contribution in [0.5, 0.6) is 0 Å². The van der Waals surface area contributed by atoms with Crippen molar-refractivity contribution < 1.29 is 0 Å². The van der Waals surface area contributed by atoms with Crippen LogP contribution in [0, 0.1) is 13.8 Å². The first-order valence-electron chi connectivity index (χ1n) is 5.08. The lowest BCUT2D eigenvalue weighted by Gasteiger charge is -2.16. The number of pyridine rings is 2. The predicted octanol–water partition coefficient (Wildman–Crippen LogP) is 2.11. The highest BCUT2D eigenvalue weighted by Crippen LogP contribution is 2.17. The average molecular weight is 214 g/mol.